The van der Waals surface area contributed by atoms with Crippen LogP contribution in [0.15, 0.2) is 21.1 Å². The lowest BCUT2D eigenvalue weighted by Crippen LogP contribution is -2.44. The van der Waals surface area contributed by atoms with Gasteiger partial charge in [0.1, 0.15) is 5.75 Å². The lowest BCUT2D eigenvalue weighted by molar-refractivity contribution is -0.0509. The number of methoxy groups -OCH3 is 1. The van der Waals surface area contributed by atoms with Crippen molar-refractivity contribution < 1.29 is 9.47 Å². The predicted molar refractivity (Wildman–Crippen MR) is 66.6 cm³/mol. The molecule has 1 aliphatic heterocycles. The molecule has 1 fully saturated rings. The molecule has 2 rings (SSSR count). The van der Waals surface area contributed by atoms with Crippen LogP contribution in [0.2, 0.25) is 0 Å². The lowest BCUT2D eigenvalue weighted by atomic mass is 9.80. The van der Waals surface area contributed by atoms with Gasteiger partial charge < -0.3 is 9.47 Å². The molecule has 1 aromatic carbocycles. The van der Waals surface area contributed by atoms with Gasteiger partial charge in [-0.15, -0.1) is 0 Å². The topological polar surface area (TPSA) is 18.5 Å². The molecule has 82 valence electrons. The van der Waals surface area contributed by atoms with Crippen LogP contribution in [-0.4, -0.2) is 20.3 Å². The van der Waals surface area contributed by atoms with Gasteiger partial charge in [0.15, 0.2) is 0 Å². The molecule has 1 aromatic rings. The zero-order valence-electron chi connectivity index (χ0n) is 8.64. The molecule has 0 aliphatic carbocycles. The minimum atomic E-state index is 0.0810. The second kappa shape index (κ2) is 4.07. The summed E-state index contributed by atoms with van der Waals surface area (Å²) < 4.78 is 12.7. The van der Waals surface area contributed by atoms with Crippen LogP contribution in [0.5, 0.6) is 5.75 Å². The zero-order chi connectivity index (χ0) is 11.1. The molecule has 1 aliphatic rings. The Morgan fingerprint density at radius 2 is 2.00 bits per heavy atom. The number of ether oxygens (including phenoxy) is 2. The summed E-state index contributed by atoms with van der Waals surface area (Å²) in [5.74, 6) is 0.906. The maximum Gasteiger partial charge on any atom is 0.137 e. The summed E-state index contributed by atoms with van der Waals surface area (Å²) in [5.41, 5.74) is 1.27. The van der Waals surface area contributed by atoms with E-state index >= 15 is 0 Å². The third-order valence-electron chi connectivity index (χ3n) is 2.70. The third kappa shape index (κ3) is 1.95. The standard InChI is InChI=1S/C11H12Br2O2/c1-11(5-15-6-11)8-3-7(12)4-9(13)10(8)14-2/h3-4H,5-6H2,1-2H3. The normalized spacial score (nSPS) is 18.4. The third-order valence-corrected chi connectivity index (χ3v) is 3.75. The first-order valence-electron chi connectivity index (χ1n) is 4.68. The van der Waals surface area contributed by atoms with Crippen molar-refractivity contribution in [3.8, 4) is 5.75 Å². The highest BCUT2D eigenvalue weighted by atomic mass is 79.9. The average Bonchev–Trinajstić information content (AvgIpc) is 2.13. The molecule has 4 heteroatoms. The first-order chi connectivity index (χ1) is 7.07. The van der Waals surface area contributed by atoms with Gasteiger partial charge in [0.25, 0.3) is 0 Å². The maximum absolute atomic E-state index is 5.43. The van der Waals surface area contributed by atoms with Crippen molar-refractivity contribution in [3.05, 3.63) is 26.6 Å². The van der Waals surface area contributed by atoms with Crippen molar-refractivity contribution in [2.24, 2.45) is 0 Å². The molecular weight excluding hydrogens is 324 g/mol. The SMILES string of the molecule is COc1c(Br)cc(Br)cc1C1(C)COC1. The molecular formula is C11H12Br2O2. The van der Waals surface area contributed by atoms with Crippen LogP contribution < -0.4 is 4.74 Å². The number of benzene rings is 1. The largest absolute Gasteiger partial charge is 0.495 e. The minimum Gasteiger partial charge on any atom is -0.495 e. The fourth-order valence-corrected chi connectivity index (χ4v) is 3.17. The summed E-state index contributed by atoms with van der Waals surface area (Å²) in [4.78, 5) is 0. The molecule has 0 amide bonds. The van der Waals surface area contributed by atoms with Crippen LogP contribution in [0.3, 0.4) is 0 Å². The van der Waals surface area contributed by atoms with Crippen molar-refractivity contribution in [1.29, 1.82) is 0 Å². The van der Waals surface area contributed by atoms with Gasteiger partial charge in [-0.05, 0) is 28.1 Å². The van der Waals surface area contributed by atoms with E-state index < -0.39 is 0 Å². The van der Waals surface area contributed by atoms with Crippen molar-refractivity contribution in [3.63, 3.8) is 0 Å². The molecule has 1 saturated heterocycles. The molecule has 0 atom stereocenters. The molecule has 0 radical (unpaired) electrons. The fraction of sp³-hybridized carbons (Fsp3) is 0.455. The number of rotatable bonds is 2. The van der Waals surface area contributed by atoms with Gasteiger partial charge in [0.05, 0.1) is 24.8 Å². The summed E-state index contributed by atoms with van der Waals surface area (Å²) >= 11 is 7.00. The molecule has 0 aromatic heterocycles. The Labute approximate surface area is 106 Å². The van der Waals surface area contributed by atoms with Gasteiger partial charge in [-0.1, -0.05) is 22.9 Å². The van der Waals surface area contributed by atoms with Crippen LogP contribution in [0.25, 0.3) is 0 Å². The molecule has 15 heavy (non-hydrogen) atoms. The monoisotopic (exact) mass is 334 g/mol. The second-order valence-electron chi connectivity index (χ2n) is 4.02. The van der Waals surface area contributed by atoms with E-state index in [0.29, 0.717) is 0 Å². The van der Waals surface area contributed by atoms with E-state index in [2.05, 4.69) is 44.8 Å². The van der Waals surface area contributed by atoms with E-state index in [-0.39, 0.29) is 5.41 Å². The van der Waals surface area contributed by atoms with Gasteiger partial charge in [0, 0.05) is 15.5 Å². The Kier molecular flexibility index (Phi) is 3.10. The van der Waals surface area contributed by atoms with Gasteiger partial charge >= 0.3 is 0 Å². The highest BCUT2D eigenvalue weighted by Crippen LogP contribution is 2.42. The Hall–Kier alpha value is -0.0600. The quantitative estimate of drug-likeness (QED) is 0.823. The molecule has 0 N–H and O–H groups in total. The molecule has 2 nitrogen and oxygen atoms in total. The lowest BCUT2D eigenvalue weighted by Gasteiger charge is -2.39. The first-order valence-corrected chi connectivity index (χ1v) is 6.27. The van der Waals surface area contributed by atoms with Crippen molar-refractivity contribution >= 4 is 31.9 Å². The Bertz CT molecular complexity index is 386. The summed E-state index contributed by atoms with van der Waals surface area (Å²) in [6, 6.07) is 4.09. The number of halogens is 2. The fourth-order valence-electron chi connectivity index (χ4n) is 1.78. The molecule has 1 heterocycles. The Morgan fingerprint density at radius 3 is 2.47 bits per heavy atom. The van der Waals surface area contributed by atoms with Gasteiger partial charge in [-0.3, -0.25) is 0 Å². The van der Waals surface area contributed by atoms with Crippen LogP contribution in [0, 0.1) is 0 Å². The van der Waals surface area contributed by atoms with Crippen LogP contribution in [0.1, 0.15) is 12.5 Å². The van der Waals surface area contributed by atoms with Crippen molar-refractivity contribution in [2.75, 3.05) is 20.3 Å². The van der Waals surface area contributed by atoms with Crippen molar-refractivity contribution in [2.45, 2.75) is 12.3 Å². The Balaban J connectivity index is 2.53. The van der Waals surface area contributed by atoms with Gasteiger partial charge in [0.2, 0.25) is 0 Å². The van der Waals surface area contributed by atoms with Crippen LogP contribution in [-0.2, 0) is 10.2 Å². The first kappa shape index (κ1) is 11.4. The summed E-state index contributed by atoms with van der Waals surface area (Å²) in [6.45, 7) is 3.70. The molecule has 0 bridgehead atoms. The average molecular weight is 336 g/mol. The second-order valence-corrected chi connectivity index (χ2v) is 5.79. The van der Waals surface area contributed by atoms with Gasteiger partial charge in [-0.2, -0.15) is 0 Å². The highest BCUT2D eigenvalue weighted by molar-refractivity contribution is 9.11. The Morgan fingerprint density at radius 1 is 1.33 bits per heavy atom. The molecule has 0 spiro atoms. The van der Waals surface area contributed by atoms with E-state index in [4.69, 9.17) is 9.47 Å². The van der Waals surface area contributed by atoms with E-state index in [1.165, 1.54) is 5.56 Å². The maximum atomic E-state index is 5.43. The van der Waals surface area contributed by atoms with Crippen LogP contribution in [0.4, 0.5) is 0 Å². The smallest absolute Gasteiger partial charge is 0.137 e. The number of hydrogen-bond acceptors (Lipinski definition) is 2. The van der Waals surface area contributed by atoms with Crippen LogP contribution >= 0.6 is 31.9 Å². The van der Waals surface area contributed by atoms with E-state index in [9.17, 15) is 0 Å². The van der Waals surface area contributed by atoms with Crippen molar-refractivity contribution in [1.82, 2.24) is 0 Å². The summed E-state index contributed by atoms with van der Waals surface area (Å²) in [5, 5.41) is 0. The zero-order valence-corrected chi connectivity index (χ0v) is 11.8. The van der Waals surface area contributed by atoms with E-state index in [0.717, 1.165) is 27.9 Å². The van der Waals surface area contributed by atoms with E-state index in [1.54, 1.807) is 7.11 Å². The summed E-state index contributed by atoms with van der Waals surface area (Å²) in [6.07, 6.45) is 0. The minimum absolute atomic E-state index is 0.0810. The highest BCUT2D eigenvalue weighted by Gasteiger charge is 2.38. The predicted octanol–water partition coefficient (Wildman–Crippen LogP) is 3.51. The molecule has 0 saturated carbocycles. The number of hydrogen-bond donors (Lipinski definition) is 0. The van der Waals surface area contributed by atoms with E-state index in [1.807, 2.05) is 6.07 Å². The molecule has 0 unspecified atom stereocenters. The van der Waals surface area contributed by atoms with Gasteiger partial charge in [-0.25, -0.2) is 0 Å². The summed E-state index contributed by atoms with van der Waals surface area (Å²) in [7, 11) is 1.69.